The molecular weight excluding hydrogens is 374 g/mol. The van der Waals surface area contributed by atoms with Gasteiger partial charge in [0.1, 0.15) is 11.4 Å². The molecule has 3 rings (SSSR count). The Kier molecular flexibility index (Phi) is 5.41. The third-order valence-corrected chi connectivity index (χ3v) is 3.82. The highest BCUT2D eigenvalue weighted by atomic mass is 35.5. The van der Waals surface area contributed by atoms with Gasteiger partial charge in [-0.3, -0.25) is 9.48 Å². The van der Waals surface area contributed by atoms with E-state index >= 15 is 0 Å². The number of aromatic nitrogens is 4. The molecule has 0 unspecified atom stereocenters. The van der Waals surface area contributed by atoms with Crippen LogP contribution in [-0.4, -0.2) is 38.5 Å². The molecule has 1 N–H and O–H groups in total. The predicted molar refractivity (Wildman–Crippen MR) is 96.8 cm³/mol. The van der Waals surface area contributed by atoms with Crippen molar-refractivity contribution in [2.45, 2.75) is 6.73 Å². The van der Waals surface area contributed by atoms with E-state index < -0.39 is 11.9 Å². The summed E-state index contributed by atoms with van der Waals surface area (Å²) in [4.78, 5) is 24.4. The van der Waals surface area contributed by atoms with E-state index in [0.717, 1.165) is 0 Å². The van der Waals surface area contributed by atoms with Crippen LogP contribution in [0.5, 0.6) is 5.75 Å². The van der Waals surface area contributed by atoms with E-state index in [1.165, 1.54) is 34.9 Å². The molecule has 2 heterocycles. The SMILES string of the molecule is COC(=O)c1nn(C)cc1NC(=O)c1ccnn1COc1ccc(Cl)cc1. The number of nitrogens with one attached hydrogen (secondary N) is 1. The van der Waals surface area contributed by atoms with Crippen LogP contribution < -0.4 is 10.1 Å². The highest BCUT2D eigenvalue weighted by Crippen LogP contribution is 2.17. The molecule has 0 radical (unpaired) electrons. The van der Waals surface area contributed by atoms with Crippen LogP contribution >= 0.6 is 11.6 Å². The second kappa shape index (κ2) is 7.92. The van der Waals surface area contributed by atoms with Gasteiger partial charge in [-0.05, 0) is 30.3 Å². The molecule has 0 aliphatic rings. The van der Waals surface area contributed by atoms with Crippen LogP contribution in [0.15, 0.2) is 42.7 Å². The second-order valence-electron chi connectivity index (χ2n) is 5.45. The number of benzene rings is 1. The lowest BCUT2D eigenvalue weighted by molar-refractivity contribution is 0.0594. The summed E-state index contributed by atoms with van der Waals surface area (Å²) < 4.78 is 13.1. The fourth-order valence-electron chi connectivity index (χ4n) is 2.31. The average molecular weight is 390 g/mol. The van der Waals surface area contributed by atoms with Gasteiger partial charge in [-0.2, -0.15) is 10.2 Å². The first-order valence-electron chi connectivity index (χ1n) is 7.81. The molecule has 0 fully saturated rings. The normalized spacial score (nSPS) is 10.5. The van der Waals surface area contributed by atoms with E-state index in [0.29, 0.717) is 10.8 Å². The number of halogens is 1. The van der Waals surface area contributed by atoms with Crippen LogP contribution in [-0.2, 0) is 18.5 Å². The summed E-state index contributed by atoms with van der Waals surface area (Å²) in [7, 11) is 2.87. The third kappa shape index (κ3) is 4.26. The molecule has 27 heavy (non-hydrogen) atoms. The van der Waals surface area contributed by atoms with Crippen molar-refractivity contribution < 1.29 is 19.1 Å². The summed E-state index contributed by atoms with van der Waals surface area (Å²) in [6.45, 7) is 0.0221. The van der Waals surface area contributed by atoms with E-state index in [1.54, 1.807) is 31.3 Å². The second-order valence-corrected chi connectivity index (χ2v) is 5.89. The number of amides is 1. The molecule has 0 saturated heterocycles. The lowest BCUT2D eigenvalue weighted by atomic mass is 10.3. The van der Waals surface area contributed by atoms with Gasteiger partial charge in [0.25, 0.3) is 5.91 Å². The number of hydrogen-bond donors (Lipinski definition) is 1. The molecule has 1 aromatic carbocycles. The van der Waals surface area contributed by atoms with E-state index in [9.17, 15) is 9.59 Å². The molecule has 10 heteroatoms. The standard InChI is InChI=1S/C17H16ClN5O4/c1-22-9-13(15(21-22)17(25)26-2)20-16(24)14-7-8-19-23(14)10-27-12-5-3-11(18)4-6-12/h3-9H,10H2,1-2H3,(H,20,24). The highest BCUT2D eigenvalue weighted by molar-refractivity contribution is 6.30. The number of nitrogens with zero attached hydrogens (tertiary/aromatic N) is 4. The maximum Gasteiger partial charge on any atom is 0.360 e. The van der Waals surface area contributed by atoms with Crippen LogP contribution in [0.1, 0.15) is 21.0 Å². The zero-order valence-corrected chi connectivity index (χ0v) is 15.3. The predicted octanol–water partition coefficient (Wildman–Crippen LogP) is 2.35. The molecule has 140 valence electrons. The lowest BCUT2D eigenvalue weighted by Crippen LogP contribution is -2.20. The molecule has 3 aromatic rings. The molecule has 9 nitrogen and oxygen atoms in total. The number of esters is 1. The Balaban J connectivity index is 1.72. The summed E-state index contributed by atoms with van der Waals surface area (Å²) in [5.41, 5.74) is 0.501. The maximum absolute atomic E-state index is 12.6. The molecule has 0 aliphatic heterocycles. The van der Waals surface area contributed by atoms with Gasteiger partial charge < -0.3 is 14.8 Å². The van der Waals surface area contributed by atoms with Crippen molar-refractivity contribution in [1.82, 2.24) is 19.6 Å². The largest absolute Gasteiger partial charge is 0.471 e. The van der Waals surface area contributed by atoms with E-state index in [4.69, 9.17) is 16.3 Å². The van der Waals surface area contributed by atoms with E-state index in [1.807, 2.05) is 0 Å². The first-order valence-corrected chi connectivity index (χ1v) is 8.19. The van der Waals surface area contributed by atoms with Crippen molar-refractivity contribution in [1.29, 1.82) is 0 Å². The number of anilines is 1. The Morgan fingerprint density at radius 1 is 1.22 bits per heavy atom. The Morgan fingerprint density at radius 3 is 2.67 bits per heavy atom. The average Bonchev–Trinajstić information content (AvgIpc) is 3.27. The number of methoxy groups -OCH3 is 1. The Labute approximate surface area is 159 Å². The molecule has 0 saturated carbocycles. The number of rotatable bonds is 6. The molecule has 2 aromatic heterocycles. The van der Waals surface area contributed by atoms with Crippen LogP contribution in [0.3, 0.4) is 0 Å². The van der Waals surface area contributed by atoms with Gasteiger partial charge >= 0.3 is 5.97 Å². The van der Waals surface area contributed by atoms with Crippen LogP contribution in [0.25, 0.3) is 0 Å². The van der Waals surface area contributed by atoms with Gasteiger partial charge in [-0.1, -0.05) is 11.6 Å². The molecule has 0 spiro atoms. The highest BCUT2D eigenvalue weighted by Gasteiger charge is 2.20. The number of ether oxygens (including phenoxy) is 2. The summed E-state index contributed by atoms with van der Waals surface area (Å²) in [5, 5.41) is 11.3. The van der Waals surface area contributed by atoms with E-state index in [-0.39, 0.29) is 23.8 Å². The molecule has 0 aliphatic carbocycles. The third-order valence-electron chi connectivity index (χ3n) is 3.57. The van der Waals surface area contributed by atoms with Gasteiger partial charge in [0.15, 0.2) is 12.4 Å². The van der Waals surface area contributed by atoms with Crippen molar-refractivity contribution in [3.8, 4) is 5.75 Å². The smallest absolute Gasteiger partial charge is 0.360 e. The zero-order chi connectivity index (χ0) is 19.4. The number of carbonyl (C=O) groups excluding carboxylic acids is 2. The van der Waals surface area contributed by atoms with Gasteiger partial charge in [-0.25, -0.2) is 9.48 Å². The Morgan fingerprint density at radius 2 is 1.96 bits per heavy atom. The van der Waals surface area contributed by atoms with Crippen molar-refractivity contribution in [3.05, 3.63) is 59.1 Å². The molecular formula is C17H16ClN5O4. The summed E-state index contributed by atoms with van der Waals surface area (Å²) in [5.74, 6) is -0.530. The van der Waals surface area contributed by atoms with E-state index in [2.05, 4.69) is 20.3 Å². The maximum atomic E-state index is 12.6. The van der Waals surface area contributed by atoms with Crippen LogP contribution in [0.4, 0.5) is 5.69 Å². The first kappa shape index (κ1) is 18.5. The fraction of sp³-hybridized carbons (Fsp3) is 0.176. The zero-order valence-electron chi connectivity index (χ0n) is 14.5. The monoisotopic (exact) mass is 389 g/mol. The lowest BCUT2D eigenvalue weighted by Gasteiger charge is -2.10. The number of hydrogen-bond acceptors (Lipinski definition) is 6. The molecule has 1 amide bonds. The van der Waals surface area contributed by atoms with Crippen LogP contribution in [0, 0.1) is 0 Å². The van der Waals surface area contributed by atoms with Gasteiger partial charge in [0, 0.05) is 24.5 Å². The summed E-state index contributed by atoms with van der Waals surface area (Å²) >= 11 is 5.84. The first-order chi connectivity index (χ1) is 13.0. The topological polar surface area (TPSA) is 100 Å². The van der Waals surface area contributed by atoms with Gasteiger partial charge in [-0.15, -0.1) is 0 Å². The van der Waals surface area contributed by atoms with Gasteiger partial charge in [0.2, 0.25) is 0 Å². The molecule has 0 atom stereocenters. The van der Waals surface area contributed by atoms with Crippen molar-refractivity contribution in [2.75, 3.05) is 12.4 Å². The van der Waals surface area contributed by atoms with Gasteiger partial charge in [0.05, 0.1) is 12.8 Å². The minimum absolute atomic E-state index is 0.0110. The Bertz CT molecular complexity index is 964. The minimum Gasteiger partial charge on any atom is -0.471 e. The summed E-state index contributed by atoms with van der Waals surface area (Å²) in [6.07, 6.45) is 2.99. The van der Waals surface area contributed by atoms with Crippen molar-refractivity contribution >= 4 is 29.2 Å². The molecule has 0 bridgehead atoms. The van der Waals surface area contributed by atoms with Crippen molar-refractivity contribution in [2.24, 2.45) is 7.05 Å². The number of aryl methyl sites for hydroxylation is 1. The summed E-state index contributed by atoms with van der Waals surface area (Å²) in [6, 6.07) is 8.36. The Hall–Kier alpha value is -3.33. The minimum atomic E-state index is -0.648. The van der Waals surface area contributed by atoms with Crippen LogP contribution in [0.2, 0.25) is 5.02 Å². The van der Waals surface area contributed by atoms with Crippen molar-refractivity contribution in [3.63, 3.8) is 0 Å². The fourth-order valence-corrected chi connectivity index (χ4v) is 2.43. The number of carbonyl (C=O) groups is 2. The quantitative estimate of drug-likeness (QED) is 0.649.